The number of amides is 1. The maximum absolute atomic E-state index is 12.4. The van der Waals surface area contributed by atoms with Crippen LogP contribution in [0.1, 0.15) is 41.4 Å². The Kier molecular flexibility index (Phi) is 4.28. The average molecular weight is 305 g/mol. The highest BCUT2D eigenvalue weighted by Gasteiger charge is 2.28. The van der Waals surface area contributed by atoms with Gasteiger partial charge in [-0.15, -0.1) is 16.4 Å². The predicted molar refractivity (Wildman–Crippen MR) is 80.2 cm³/mol. The minimum absolute atomic E-state index is 0.0437. The standard InChI is InChI=1S/C14H19N5OS/c1-10-6-9-21-12(10)5-7-15-14(20)11-4-2-3-8-19-13(11)16-17-18-19/h6,9,11H,2-5,7-8H2,1H3,(H,15,20). The number of carbonyl (C=O) groups excluding carboxylic acids is 1. The van der Waals surface area contributed by atoms with Gasteiger partial charge in [0, 0.05) is 18.0 Å². The van der Waals surface area contributed by atoms with Crippen molar-refractivity contribution in [2.24, 2.45) is 0 Å². The van der Waals surface area contributed by atoms with Gasteiger partial charge in [-0.25, -0.2) is 4.68 Å². The van der Waals surface area contributed by atoms with E-state index < -0.39 is 0 Å². The molecule has 0 fully saturated rings. The summed E-state index contributed by atoms with van der Waals surface area (Å²) in [5.74, 6) is 0.534. The number of hydrogen-bond donors (Lipinski definition) is 1. The van der Waals surface area contributed by atoms with Crippen molar-refractivity contribution in [2.45, 2.75) is 45.1 Å². The number of nitrogens with zero attached hydrogens (tertiary/aromatic N) is 4. The first-order valence-corrected chi connectivity index (χ1v) is 8.20. The Hall–Kier alpha value is -1.76. The number of rotatable bonds is 4. The summed E-state index contributed by atoms with van der Waals surface area (Å²) in [4.78, 5) is 13.7. The van der Waals surface area contributed by atoms with Gasteiger partial charge in [0.1, 0.15) is 0 Å². The Morgan fingerprint density at radius 3 is 3.24 bits per heavy atom. The fourth-order valence-electron chi connectivity index (χ4n) is 2.69. The number of hydrogen-bond acceptors (Lipinski definition) is 5. The second-order valence-corrected chi connectivity index (χ2v) is 6.38. The summed E-state index contributed by atoms with van der Waals surface area (Å²) in [5, 5.41) is 16.8. The number of aryl methyl sites for hydroxylation is 2. The molecule has 21 heavy (non-hydrogen) atoms. The average Bonchev–Trinajstić information content (AvgIpc) is 3.04. The predicted octanol–water partition coefficient (Wildman–Crippen LogP) is 1.67. The first-order chi connectivity index (χ1) is 10.3. The molecule has 0 aliphatic carbocycles. The zero-order chi connectivity index (χ0) is 14.7. The molecule has 6 nitrogen and oxygen atoms in total. The number of aromatic nitrogens is 4. The first kappa shape index (κ1) is 14.2. The second kappa shape index (κ2) is 6.34. The zero-order valence-corrected chi connectivity index (χ0v) is 12.9. The minimum atomic E-state index is -0.216. The quantitative estimate of drug-likeness (QED) is 0.932. The van der Waals surface area contributed by atoms with E-state index in [1.165, 1.54) is 10.4 Å². The molecule has 0 saturated carbocycles. The summed E-state index contributed by atoms with van der Waals surface area (Å²) in [7, 11) is 0. The molecular formula is C14H19N5OS. The van der Waals surface area contributed by atoms with Gasteiger partial charge in [-0.2, -0.15) is 0 Å². The molecule has 1 aliphatic heterocycles. The molecule has 112 valence electrons. The maximum atomic E-state index is 12.4. The van der Waals surface area contributed by atoms with Gasteiger partial charge >= 0.3 is 0 Å². The third-order valence-electron chi connectivity index (χ3n) is 3.92. The highest BCUT2D eigenvalue weighted by atomic mass is 32.1. The normalized spacial score (nSPS) is 18.0. The molecule has 1 amide bonds. The third kappa shape index (κ3) is 3.12. The molecule has 0 bridgehead atoms. The van der Waals surface area contributed by atoms with E-state index in [1.807, 2.05) is 0 Å². The van der Waals surface area contributed by atoms with Crippen LogP contribution in [0.15, 0.2) is 11.4 Å². The molecule has 0 aromatic carbocycles. The van der Waals surface area contributed by atoms with Crippen molar-refractivity contribution < 1.29 is 4.79 Å². The van der Waals surface area contributed by atoms with Gasteiger partial charge in [-0.3, -0.25) is 4.79 Å². The molecule has 1 atom stereocenters. The van der Waals surface area contributed by atoms with Crippen LogP contribution in [-0.4, -0.2) is 32.7 Å². The van der Waals surface area contributed by atoms with Crippen molar-refractivity contribution in [3.05, 3.63) is 27.7 Å². The van der Waals surface area contributed by atoms with Gasteiger partial charge in [-0.1, -0.05) is 6.42 Å². The van der Waals surface area contributed by atoms with Crippen LogP contribution < -0.4 is 5.32 Å². The molecule has 1 N–H and O–H groups in total. The van der Waals surface area contributed by atoms with E-state index >= 15 is 0 Å². The summed E-state index contributed by atoms with van der Waals surface area (Å²) in [6, 6.07) is 2.11. The highest BCUT2D eigenvalue weighted by Crippen LogP contribution is 2.24. The molecule has 0 saturated heterocycles. The van der Waals surface area contributed by atoms with Crippen LogP contribution in [0.25, 0.3) is 0 Å². The summed E-state index contributed by atoms with van der Waals surface area (Å²) in [5.41, 5.74) is 1.30. The fourth-order valence-corrected chi connectivity index (χ4v) is 3.60. The lowest BCUT2D eigenvalue weighted by atomic mass is 10.0. The lowest BCUT2D eigenvalue weighted by Crippen LogP contribution is -2.32. The first-order valence-electron chi connectivity index (χ1n) is 7.32. The lowest BCUT2D eigenvalue weighted by molar-refractivity contribution is -0.122. The van der Waals surface area contributed by atoms with Crippen molar-refractivity contribution in [1.29, 1.82) is 0 Å². The monoisotopic (exact) mass is 305 g/mol. The maximum Gasteiger partial charge on any atom is 0.230 e. The van der Waals surface area contributed by atoms with Crippen molar-refractivity contribution in [2.75, 3.05) is 6.54 Å². The topological polar surface area (TPSA) is 72.7 Å². The van der Waals surface area contributed by atoms with Gasteiger partial charge in [0.05, 0.1) is 5.92 Å². The Bertz CT molecular complexity index is 620. The molecule has 1 unspecified atom stereocenters. The van der Waals surface area contributed by atoms with Gasteiger partial charge in [0.25, 0.3) is 0 Å². The van der Waals surface area contributed by atoms with Crippen molar-refractivity contribution in [3.63, 3.8) is 0 Å². The molecule has 2 aromatic rings. The van der Waals surface area contributed by atoms with E-state index in [0.29, 0.717) is 12.4 Å². The molecule has 1 aliphatic rings. The van der Waals surface area contributed by atoms with E-state index in [9.17, 15) is 4.79 Å². The Morgan fingerprint density at radius 1 is 1.52 bits per heavy atom. The number of nitrogens with one attached hydrogen (secondary N) is 1. The van der Waals surface area contributed by atoms with Gasteiger partial charge in [-0.05, 0) is 53.6 Å². The Morgan fingerprint density at radius 2 is 2.43 bits per heavy atom. The van der Waals surface area contributed by atoms with E-state index in [-0.39, 0.29) is 11.8 Å². The fraction of sp³-hybridized carbons (Fsp3) is 0.571. The van der Waals surface area contributed by atoms with Crippen molar-refractivity contribution >= 4 is 17.2 Å². The summed E-state index contributed by atoms with van der Waals surface area (Å²) >= 11 is 1.74. The minimum Gasteiger partial charge on any atom is -0.355 e. The van der Waals surface area contributed by atoms with E-state index in [1.54, 1.807) is 16.0 Å². The van der Waals surface area contributed by atoms with Gasteiger partial charge in [0.2, 0.25) is 5.91 Å². The van der Waals surface area contributed by atoms with Crippen LogP contribution in [0.2, 0.25) is 0 Å². The molecule has 0 spiro atoms. The zero-order valence-electron chi connectivity index (χ0n) is 12.1. The van der Waals surface area contributed by atoms with Crippen molar-refractivity contribution in [1.82, 2.24) is 25.5 Å². The van der Waals surface area contributed by atoms with Crippen LogP contribution >= 0.6 is 11.3 Å². The van der Waals surface area contributed by atoms with Gasteiger partial charge in [0.15, 0.2) is 5.82 Å². The van der Waals surface area contributed by atoms with Crippen LogP contribution in [0, 0.1) is 6.92 Å². The number of tetrazole rings is 1. The SMILES string of the molecule is Cc1ccsc1CCNC(=O)C1CCCCn2nnnc21. The van der Waals surface area contributed by atoms with Crippen LogP contribution in [0.3, 0.4) is 0 Å². The highest BCUT2D eigenvalue weighted by molar-refractivity contribution is 7.10. The summed E-state index contributed by atoms with van der Waals surface area (Å²) in [6.45, 7) is 3.58. The molecular weight excluding hydrogens is 286 g/mol. The third-order valence-corrected chi connectivity index (χ3v) is 5.00. The van der Waals surface area contributed by atoms with Gasteiger partial charge < -0.3 is 5.32 Å². The summed E-state index contributed by atoms with van der Waals surface area (Å²) in [6.07, 6.45) is 3.75. The second-order valence-electron chi connectivity index (χ2n) is 5.38. The van der Waals surface area contributed by atoms with Crippen molar-refractivity contribution in [3.8, 4) is 0 Å². The summed E-state index contributed by atoms with van der Waals surface area (Å²) < 4.78 is 1.76. The number of fused-ring (bicyclic) bond motifs is 1. The molecule has 3 heterocycles. The Labute approximate surface area is 127 Å². The molecule has 3 rings (SSSR count). The van der Waals surface area contributed by atoms with Crippen LogP contribution in [-0.2, 0) is 17.8 Å². The van der Waals surface area contributed by atoms with Crippen LogP contribution in [0.4, 0.5) is 0 Å². The molecule has 7 heteroatoms. The van der Waals surface area contributed by atoms with Crippen LogP contribution in [0.5, 0.6) is 0 Å². The molecule has 2 aromatic heterocycles. The van der Waals surface area contributed by atoms with E-state index in [2.05, 4.69) is 39.2 Å². The largest absolute Gasteiger partial charge is 0.355 e. The number of carbonyl (C=O) groups is 1. The number of thiophene rings is 1. The molecule has 0 radical (unpaired) electrons. The van der Waals surface area contributed by atoms with E-state index in [0.717, 1.165) is 32.2 Å². The Balaban J connectivity index is 1.59. The van der Waals surface area contributed by atoms with E-state index in [4.69, 9.17) is 0 Å². The lowest BCUT2D eigenvalue weighted by Gasteiger charge is -2.13. The smallest absolute Gasteiger partial charge is 0.230 e.